The van der Waals surface area contributed by atoms with Gasteiger partial charge in [-0.15, -0.1) is 12.4 Å². The Morgan fingerprint density at radius 1 is 1.22 bits per heavy atom. The van der Waals surface area contributed by atoms with Gasteiger partial charge in [-0.05, 0) is 57.5 Å². The summed E-state index contributed by atoms with van der Waals surface area (Å²) >= 11 is 0. The Labute approximate surface area is 164 Å². The summed E-state index contributed by atoms with van der Waals surface area (Å²) in [4.78, 5) is 42.2. The molecule has 0 saturated carbocycles. The molecule has 1 aliphatic heterocycles. The molecular formula is C19H27ClN4O3. The first-order valence-electron chi connectivity index (χ1n) is 9.35. The van der Waals surface area contributed by atoms with Gasteiger partial charge in [-0.25, -0.2) is 4.79 Å². The van der Waals surface area contributed by atoms with E-state index in [1.807, 2.05) is 4.90 Å². The average molecular weight is 395 g/mol. The lowest BCUT2D eigenvalue weighted by Crippen LogP contribution is -2.46. The molecule has 1 saturated heterocycles. The van der Waals surface area contributed by atoms with E-state index in [4.69, 9.17) is 0 Å². The van der Waals surface area contributed by atoms with Crippen molar-refractivity contribution in [1.82, 2.24) is 19.8 Å². The summed E-state index contributed by atoms with van der Waals surface area (Å²) in [6.45, 7) is 6.66. The largest absolute Gasteiger partial charge is 0.336 e. The number of aromatic amines is 1. The van der Waals surface area contributed by atoms with Crippen molar-refractivity contribution in [2.45, 2.75) is 45.7 Å². The van der Waals surface area contributed by atoms with Gasteiger partial charge in [-0.1, -0.05) is 6.92 Å². The third-order valence-electron chi connectivity index (χ3n) is 5.02. The van der Waals surface area contributed by atoms with Crippen LogP contribution >= 0.6 is 12.4 Å². The number of hydrogen-bond donors (Lipinski definition) is 2. The summed E-state index contributed by atoms with van der Waals surface area (Å²) in [6, 6.07) is 5.18. The van der Waals surface area contributed by atoms with Gasteiger partial charge >= 0.3 is 5.69 Å². The van der Waals surface area contributed by atoms with Crippen LogP contribution in [0.4, 0.5) is 0 Å². The van der Waals surface area contributed by atoms with Crippen molar-refractivity contribution in [2.24, 2.45) is 0 Å². The number of amides is 1. The molecular weight excluding hydrogens is 368 g/mol. The second-order valence-corrected chi connectivity index (χ2v) is 6.72. The number of nitrogens with zero attached hydrogens (tertiary/aromatic N) is 2. The SMILES string of the molecule is CCCN(C(=O)c1ccc2c(=O)n(CC)c(=O)[nH]c2c1)C1CCNCC1.Cl. The van der Waals surface area contributed by atoms with Crippen molar-refractivity contribution in [3.8, 4) is 0 Å². The summed E-state index contributed by atoms with van der Waals surface area (Å²) < 4.78 is 1.16. The summed E-state index contributed by atoms with van der Waals surface area (Å²) in [6.07, 6.45) is 2.77. The smallest absolute Gasteiger partial charge is 0.328 e. The molecule has 1 aliphatic rings. The van der Waals surface area contributed by atoms with Gasteiger partial charge in [0.2, 0.25) is 0 Å². The molecule has 148 valence electrons. The minimum atomic E-state index is -0.446. The van der Waals surface area contributed by atoms with Crippen molar-refractivity contribution in [2.75, 3.05) is 19.6 Å². The van der Waals surface area contributed by atoms with E-state index in [9.17, 15) is 14.4 Å². The number of benzene rings is 1. The Hall–Kier alpha value is -2.12. The molecule has 7 nitrogen and oxygen atoms in total. The van der Waals surface area contributed by atoms with Gasteiger partial charge < -0.3 is 15.2 Å². The fourth-order valence-corrected chi connectivity index (χ4v) is 3.65. The first-order valence-corrected chi connectivity index (χ1v) is 9.35. The lowest BCUT2D eigenvalue weighted by Gasteiger charge is -2.34. The number of aromatic nitrogens is 2. The standard InChI is InChI=1S/C19H26N4O3.ClH/c1-3-11-23(14-7-9-20-10-8-14)17(24)13-5-6-15-16(12-13)21-19(26)22(4-2)18(15)25;/h5-6,12,14,20H,3-4,7-11H2,1-2H3,(H,21,26);1H. The number of H-pyrrole nitrogens is 1. The van der Waals surface area contributed by atoms with Crippen LogP contribution < -0.4 is 16.6 Å². The number of carbonyl (C=O) groups is 1. The number of nitrogens with one attached hydrogen (secondary N) is 2. The van der Waals surface area contributed by atoms with Crippen molar-refractivity contribution in [3.05, 3.63) is 44.6 Å². The number of hydrogen-bond acceptors (Lipinski definition) is 4. The number of halogens is 1. The predicted molar refractivity (Wildman–Crippen MR) is 109 cm³/mol. The Morgan fingerprint density at radius 3 is 2.56 bits per heavy atom. The van der Waals surface area contributed by atoms with E-state index in [2.05, 4.69) is 17.2 Å². The van der Waals surface area contributed by atoms with Gasteiger partial charge in [0.15, 0.2) is 0 Å². The van der Waals surface area contributed by atoms with Gasteiger partial charge in [0.25, 0.3) is 11.5 Å². The average Bonchev–Trinajstić information content (AvgIpc) is 2.66. The molecule has 0 atom stereocenters. The zero-order valence-corrected chi connectivity index (χ0v) is 16.6. The Bertz CT molecular complexity index is 915. The quantitative estimate of drug-likeness (QED) is 0.808. The Kier molecular flexibility index (Phi) is 7.21. The fourth-order valence-electron chi connectivity index (χ4n) is 3.65. The maximum atomic E-state index is 13.1. The number of piperidine rings is 1. The molecule has 8 heteroatoms. The first-order chi connectivity index (χ1) is 12.6. The number of fused-ring (bicyclic) bond motifs is 1. The highest BCUT2D eigenvalue weighted by Crippen LogP contribution is 2.18. The van der Waals surface area contributed by atoms with E-state index in [-0.39, 0.29) is 29.9 Å². The maximum Gasteiger partial charge on any atom is 0.328 e. The highest BCUT2D eigenvalue weighted by molar-refractivity contribution is 5.97. The summed E-state index contributed by atoms with van der Waals surface area (Å²) in [5, 5.41) is 3.75. The third-order valence-corrected chi connectivity index (χ3v) is 5.02. The maximum absolute atomic E-state index is 13.1. The second-order valence-electron chi connectivity index (χ2n) is 6.72. The zero-order chi connectivity index (χ0) is 18.7. The minimum Gasteiger partial charge on any atom is -0.336 e. The Balaban J connectivity index is 0.00000261. The molecule has 0 radical (unpaired) electrons. The van der Waals surface area contributed by atoms with Gasteiger partial charge in [0.05, 0.1) is 10.9 Å². The van der Waals surface area contributed by atoms with Crippen LogP contribution in [-0.2, 0) is 6.54 Å². The minimum absolute atomic E-state index is 0. The highest BCUT2D eigenvalue weighted by Gasteiger charge is 2.25. The van der Waals surface area contributed by atoms with E-state index >= 15 is 0 Å². The van der Waals surface area contributed by atoms with Crippen LogP contribution in [0, 0.1) is 0 Å². The van der Waals surface area contributed by atoms with Crippen molar-refractivity contribution in [3.63, 3.8) is 0 Å². The zero-order valence-electron chi connectivity index (χ0n) is 15.8. The monoisotopic (exact) mass is 394 g/mol. The molecule has 2 N–H and O–H groups in total. The van der Waals surface area contributed by atoms with Crippen molar-refractivity contribution in [1.29, 1.82) is 0 Å². The molecule has 0 unspecified atom stereocenters. The molecule has 2 heterocycles. The predicted octanol–water partition coefficient (Wildman–Crippen LogP) is 1.74. The normalized spacial score (nSPS) is 14.7. The lowest BCUT2D eigenvalue weighted by molar-refractivity contribution is 0.0643. The molecule has 1 aromatic heterocycles. The van der Waals surface area contributed by atoms with Crippen molar-refractivity contribution >= 4 is 29.2 Å². The summed E-state index contributed by atoms with van der Waals surface area (Å²) in [5.41, 5.74) is 0.151. The van der Waals surface area contributed by atoms with Crippen LogP contribution in [0.1, 0.15) is 43.5 Å². The van der Waals surface area contributed by atoms with E-state index < -0.39 is 5.69 Å². The van der Waals surface area contributed by atoms with Gasteiger partial charge in [-0.2, -0.15) is 0 Å². The van der Waals surface area contributed by atoms with Gasteiger partial charge in [-0.3, -0.25) is 14.2 Å². The van der Waals surface area contributed by atoms with Crippen LogP contribution in [0.25, 0.3) is 10.9 Å². The summed E-state index contributed by atoms with van der Waals surface area (Å²) in [7, 11) is 0. The first kappa shape index (κ1) is 21.2. The Morgan fingerprint density at radius 2 is 1.93 bits per heavy atom. The molecule has 2 aromatic rings. The van der Waals surface area contributed by atoms with Crippen LogP contribution in [0.5, 0.6) is 0 Å². The molecule has 1 amide bonds. The summed E-state index contributed by atoms with van der Waals surface area (Å²) in [5.74, 6) is -0.0406. The number of carbonyl (C=O) groups excluding carboxylic acids is 1. The van der Waals surface area contributed by atoms with Crippen LogP contribution in [0.2, 0.25) is 0 Å². The molecule has 1 fully saturated rings. The van der Waals surface area contributed by atoms with Crippen LogP contribution in [0.3, 0.4) is 0 Å². The van der Waals surface area contributed by atoms with Gasteiger partial charge in [0.1, 0.15) is 0 Å². The van der Waals surface area contributed by atoms with E-state index in [0.717, 1.165) is 36.9 Å². The molecule has 0 spiro atoms. The topological polar surface area (TPSA) is 87.2 Å². The van der Waals surface area contributed by atoms with E-state index in [1.54, 1.807) is 25.1 Å². The molecule has 0 bridgehead atoms. The molecule has 27 heavy (non-hydrogen) atoms. The van der Waals surface area contributed by atoms with Crippen molar-refractivity contribution < 1.29 is 4.79 Å². The lowest BCUT2D eigenvalue weighted by atomic mass is 10.0. The van der Waals surface area contributed by atoms with E-state index in [0.29, 0.717) is 29.6 Å². The van der Waals surface area contributed by atoms with Crippen LogP contribution in [0.15, 0.2) is 27.8 Å². The van der Waals surface area contributed by atoms with E-state index in [1.165, 1.54) is 0 Å². The highest BCUT2D eigenvalue weighted by atomic mass is 35.5. The molecule has 1 aromatic carbocycles. The second kappa shape index (κ2) is 9.19. The fraction of sp³-hybridized carbons (Fsp3) is 0.526. The van der Waals surface area contributed by atoms with Crippen LogP contribution in [-0.4, -0.2) is 46.0 Å². The third kappa shape index (κ3) is 4.25. The molecule has 0 aliphatic carbocycles. The number of rotatable bonds is 5. The molecule has 3 rings (SSSR count). The van der Waals surface area contributed by atoms with Gasteiger partial charge in [0, 0.05) is 24.7 Å².